The number of carbonyl (C=O) groups excluding carboxylic acids is 1. The van der Waals surface area contributed by atoms with Crippen LogP contribution in [0.2, 0.25) is 0 Å². The van der Waals surface area contributed by atoms with Gasteiger partial charge in [-0.25, -0.2) is 8.42 Å². The highest BCUT2D eigenvalue weighted by Gasteiger charge is 2.31. The van der Waals surface area contributed by atoms with Gasteiger partial charge in [0.15, 0.2) is 0 Å². The van der Waals surface area contributed by atoms with Gasteiger partial charge in [0.05, 0.1) is 25.6 Å². The van der Waals surface area contributed by atoms with Crippen LogP contribution in [0.5, 0.6) is 0 Å². The van der Waals surface area contributed by atoms with Crippen molar-refractivity contribution >= 4 is 25.6 Å². The van der Waals surface area contributed by atoms with E-state index in [4.69, 9.17) is 20.2 Å². The quantitative estimate of drug-likeness (QED) is 0.468. The van der Waals surface area contributed by atoms with Crippen LogP contribution in [-0.2, 0) is 23.3 Å². The average molecular weight is 300 g/mol. The van der Waals surface area contributed by atoms with Gasteiger partial charge in [-0.1, -0.05) is 0 Å². The monoisotopic (exact) mass is 299 g/mol. The maximum absolute atomic E-state index is 11.6. The lowest BCUT2D eigenvalue weighted by molar-refractivity contribution is -0.128. The SMILES string of the molecule is COCCOCCN1CC(CS(=O)(=O)Cl)CC1=O. The normalized spacial score (nSPS) is 20.7. The molecule has 0 N–H and O–H groups in total. The van der Waals surface area contributed by atoms with Gasteiger partial charge in [0.1, 0.15) is 0 Å². The summed E-state index contributed by atoms with van der Waals surface area (Å²) in [5.41, 5.74) is 0. The molecule has 18 heavy (non-hydrogen) atoms. The van der Waals surface area contributed by atoms with Gasteiger partial charge >= 0.3 is 0 Å². The molecule has 0 saturated carbocycles. The molecule has 106 valence electrons. The van der Waals surface area contributed by atoms with Crippen LogP contribution in [0, 0.1) is 5.92 Å². The number of halogens is 1. The van der Waals surface area contributed by atoms with E-state index >= 15 is 0 Å². The molecule has 1 fully saturated rings. The van der Waals surface area contributed by atoms with Crippen molar-refractivity contribution in [2.45, 2.75) is 6.42 Å². The lowest BCUT2D eigenvalue weighted by atomic mass is 10.1. The molecule has 1 atom stereocenters. The molecule has 0 aromatic heterocycles. The topological polar surface area (TPSA) is 72.9 Å². The van der Waals surface area contributed by atoms with Gasteiger partial charge in [0.25, 0.3) is 0 Å². The third-order valence-electron chi connectivity index (χ3n) is 2.67. The summed E-state index contributed by atoms with van der Waals surface area (Å²) in [7, 11) is 3.22. The number of ether oxygens (including phenoxy) is 2. The molecule has 1 aliphatic heterocycles. The fraction of sp³-hybridized carbons (Fsp3) is 0.900. The van der Waals surface area contributed by atoms with E-state index < -0.39 is 9.05 Å². The molecule has 1 rings (SSSR count). The third-order valence-corrected chi connectivity index (χ3v) is 3.91. The zero-order valence-electron chi connectivity index (χ0n) is 10.3. The second kappa shape index (κ2) is 7.28. The molecule has 1 saturated heterocycles. The highest BCUT2D eigenvalue weighted by molar-refractivity contribution is 8.13. The summed E-state index contributed by atoms with van der Waals surface area (Å²) in [4.78, 5) is 13.2. The number of likely N-dealkylation sites (tertiary alicyclic amines) is 1. The minimum absolute atomic E-state index is 0.0457. The predicted octanol–water partition coefficient (Wildman–Crippen LogP) is 0.0665. The van der Waals surface area contributed by atoms with E-state index in [1.807, 2.05) is 0 Å². The van der Waals surface area contributed by atoms with Crippen LogP contribution < -0.4 is 0 Å². The first-order valence-corrected chi connectivity index (χ1v) is 8.17. The van der Waals surface area contributed by atoms with Crippen molar-refractivity contribution in [3.8, 4) is 0 Å². The molecule has 8 heteroatoms. The van der Waals surface area contributed by atoms with Crippen molar-refractivity contribution in [1.82, 2.24) is 4.90 Å². The summed E-state index contributed by atoms with van der Waals surface area (Å²) in [6.07, 6.45) is 0.240. The van der Waals surface area contributed by atoms with Crippen molar-refractivity contribution in [3.05, 3.63) is 0 Å². The van der Waals surface area contributed by atoms with Gasteiger partial charge in [-0.2, -0.15) is 0 Å². The molecule has 1 unspecified atom stereocenters. The van der Waals surface area contributed by atoms with Crippen LogP contribution in [0.15, 0.2) is 0 Å². The van der Waals surface area contributed by atoms with Crippen molar-refractivity contribution in [3.63, 3.8) is 0 Å². The van der Waals surface area contributed by atoms with E-state index in [1.54, 1.807) is 12.0 Å². The average Bonchev–Trinajstić information content (AvgIpc) is 2.56. The summed E-state index contributed by atoms with van der Waals surface area (Å²) >= 11 is 0. The van der Waals surface area contributed by atoms with Crippen molar-refractivity contribution in [2.75, 3.05) is 45.8 Å². The second-order valence-electron chi connectivity index (χ2n) is 4.22. The van der Waals surface area contributed by atoms with Gasteiger partial charge < -0.3 is 14.4 Å². The number of rotatable bonds is 8. The maximum atomic E-state index is 11.6. The highest BCUT2D eigenvalue weighted by Crippen LogP contribution is 2.20. The zero-order chi connectivity index (χ0) is 13.6. The predicted molar refractivity (Wildman–Crippen MR) is 67.0 cm³/mol. The molecular weight excluding hydrogens is 282 g/mol. The molecule has 0 aromatic rings. The Morgan fingerprint density at radius 1 is 1.39 bits per heavy atom. The fourth-order valence-corrected chi connectivity index (χ4v) is 3.20. The minimum Gasteiger partial charge on any atom is -0.382 e. The van der Waals surface area contributed by atoms with Crippen LogP contribution in [-0.4, -0.2) is 65.0 Å². The highest BCUT2D eigenvalue weighted by atomic mass is 35.7. The van der Waals surface area contributed by atoms with Gasteiger partial charge in [0.2, 0.25) is 15.0 Å². The molecule has 1 aliphatic rings. The largest absolute Gasteiger partial charge is 0.382 e. The van der Waals surface area contributed by atoms with Gasteiger partial charge in [-0.05, 0) is 0 Å². The van der Waals surface area contributed by atoms with Crippen molar-refractivity contribution < 1.29 is 22.7 Å². The summed E-state index contributed by atoms with van der Waals surface area (Å²) in [6, 6.07) is 0. The Morgan fingerprint density at radius 3 is 2.72 bits per heavy atom. The fourth-order valence-electron chi connectivity index (χ4n) is 1.88. The molecule has 6 nitrogen and oxygen atoms in total. The lowest BCUT2D eigenvalue weighted by Gasteiger charge is -2.16. The number of amides is 1. The Morgan fingerprint density at radius 2 is 2.11 bits per heavy atom. The molecule has 0 aliphatic carbocycles. The van der Waals surface area contributed by atoms with E-state index in [-0.39, 0.29) is 24.0 Å². The molecule has 0 radical (unpaired) electrons. The lowest BCUT2D eigenvalue weighted by Crippen LogP contribution is -2.29. The smallest absolute Gasteiger partial charge is 0.232 e. The first-order chi connectivity index (χ1) is 8.42. The first-order valence-electron chi connectivity index (χ1n) is 5.69. The van der Waals surface area contributed by atoms with Gasteiger partial charge in [-0.15, -0.1) is 0 Å². The van der Waals surface area contributed by atoms with Crippen LogP contribution in [0.1, 0.15) is 6.42 Å². The second-order valence-corrected chi connectivity index (χ2v) is 7.04. The Kier molecular flexibility index (Phi) is 6.34. The number of carbonyl (C=O) groups is 1. The number of methoxy groups -OCH3 is 1. The molecule has 1 heterocycles. The van der Waals surface area contributed by atoms with Gasteiger partial charge in [-0.3, -0.25) is 4.79 Å². The van der Waals surface area contributed by atoms with Crippen LogP contribution in [0.4, 0.5) is 0 Å². The van der Waals surface area contributed by atoms with E-state index in [1.165, 1.54) is 0 Å². The Labute approximate surface area is 112 Å². The van der Waals surface area contributed by atoms with E-state index in [9.17, 15) is 13.2 Å². The Hall–Kier alpha value is -0.370. The molecule has 0 spiro atoms. The molecule has 0 bridgehead atoms. The summed E-state index contributed by atoms with van der Waals surface area (Å²) < 4.78 is 31.9. The van der Waals surface area contributed by atoms with Crippen LogP contribution in [0.3, 0.4) is 0 Å². The molecular formula is C10H18ClNO5S. The first kappa shape index (κ1) is 15.7. The van der Waals surface area contributed by atoms with Crippen LogP contribution in [0.25, 0.3) is 0 Å². The minimum atomic E-state index is -3.54. The van der Waals surface area contributed by atoms with Gasteiger partial charge in [0, 0.05) is 43.2 Å². The number of hydrogen-bond acceptors (Lipinski definition) is 5. The Balaban J connectivity index is 2.25. The summed E-state index contributed by atoms with van der Waals surface area (Å²) in [6.45, 7) is 2.33. The number of nitrogens with zero attached hydrogens (tertiary/aromatic N) is 1. The molecule has 1 amide bonds. The summed E-state index contributed by atoms with van der Waals surface area (Å²) in [5, 5.41) is 0. The van der Waals surface area contributed by atoms with E-state index in [0.717, 1.165) is 0 Å². The van der Waals surface area contributed by atoms with Crippen LogP contribution >= 0.6 is 10.7 Å². The summed E-state index contributed by atoms with van der Waals surface area (Å²) in [5.74, 6) is -0.406. The Bertz CT molecular complexity index is 372. The third kappa shape index (κ3) is 5.99. The maximum Gasteiger partial charge on any atom is 0.232 e. The standard InChI is InChI=1S/C10H18ClNO5S/c1-16-4-5-17-3-2-12-7-9(6-10(12)13)8-18(11,14)15/h9H,2-8H2,1H3. The van der Waals surface area contributed by atoms with Crippen molar-refractivity contribution in [1.29, 1.82) is 0 Å². The number of hydrogen-bond donors (Lipinski definition) is 0. The van der Waals surface area contributed by atoms with E-state index in [2.05, 4.69) is 0 Å². The zero-order valence-corrected chi connectivity index (χ0v) is 11.9. The molecule has 0 aromatic carbocycles. The van der Waals surface area contributed by atoms with Crippen molar-refractivity contribution in [2.24, 2.45) is 5.92 Å². The van der Waals surface area contributed by atoms with E-state index in [0.29, 0.717) is 32.9 Å².